The second-order valence-corrected chi connectivity index (χ2v) is 8.96. The van der Waals surface area contributed by atoms with E-state index < -0.39 is 0 Å². The molecule has 1 N–H and O–H groups in total. The predicted molar refractivity (Wildman–Crippen MR) is 144 cm³/mol. The van der Waals surface area contributed by atoms with Crippen LogP contribution in [0.25, 0.3) is 11.0 Å². The molecule has 0 saturated heterocycles. The van der Waals surface area contributed by atoms with E-state index in [-0.39, 0.29) is 5.91 Å². The Balaban J connectivity index is 1.23. The third-order valence-corrected chi connectivity index (χ3v) is 6.39. The lowest BCUT2D eigenvalue weighted by atomic mass is 10.1. The van der Waals surface area contributed by atoms with E-state index in [0.717, 1.165) is 71.7 Å². The van der Waals surface area contributed by atoms with Crippen LogP contribution < -0.4 is 14.8 Å². The Morgan fingerprint density at radius 2 is 1.67 bits per heavy atom. The molecule has 188 valence electrons. The molecule has 0 aliphatic rings. The first-order chi connectivity index (χ1) is 17.6. The van der Waals surface area contributed by atoms with Crippen LogP contribution in [0.1, 0.15) is 36.2 Å². The number of imidazole rings is 1. The molecule has 1 amide bonds. The zero-order chi connectivity index (χ0) is 25.2. The first-order valence-corrected chi connectivity index (χ1v) is 12.7. The molecular weight excluding hydrogens is 450 g/mol. The maximum Gasteiger partial charge on any atom is 0.224 e. The van der Waals surface area contributed by atoms with Gasteiger partial charge in [-0.3, -0.25) is 4.79 Å². The van der Waals surface area contributed by atoms with Crippen molar-refractivity contribution in [3.63, 3.8) is 0 Å². The minimum Gasteiger partial charge on any atom is -0.497 e. The predicted octanol–water partition coefficient (Wildman–Crippen LogP) is 5.50. The Kier molecular flexibility index (Phi) is 8.98. The van der Waals surface area contributed by atoms with Crippen molar-refractivity contribution in [2.24, 2.45) is 0 Å². The number of amides is 1. The summed E-state index contributed by atoms with van der Waals surface area (Å²) >= 11 is 0. The fourth-order valence-corrected chi connectivity index (χ4v) is 4.35. The molecule has 1 heterocycles. The molecule has 0 spiro atoms. The SMILES string of the molecule is COc1ccc(OCCn2c(CCCCCNC(=O)Cc3ccccc3C)nc3ccccc32)cc1. The largest absolute Gasteiger partial charge is 0.497 e. The van der Waals surface area contributed by atoms with E-state index in [0.29, 0.717) is 19.6 Å². The quantitative estimate of drug-likeness (QED) is 0.254. The number of fused-ring (bicyclic) bond motifs is 1. The van der Waals surface area contributed by atoms with Crippen LogP contribution in [-0.4, -0.2) is 35.7 Å². The second-order valence-electron chi connectivity index (χ2n) is 8.96. The molecule has 6 nitrogen and oxygen atoms in total. The number of ether oxygens (including phenoxy) is 2. The van der Waals surface area contributed by atoms with Crippen LogP contribution in [-0.2, 0) is 24.2 Å². The van der Waals surface area contributed by atoms with Crippen LogP contribution in [0.2, 0.25) is 0 Å². The van der Waals surface area contributed by atoms with Crippen LogP contribution in [0.4, 0.5) is 0 Å². The Labute approximate surface area is 213 Å². The maximum atomic E-state index is 12.3. The molecule has 0 unspecified atom stereocenters. The average molecular weight is 486 g/mol. The lowest BCUT2D eigenvalue weighted by Crippen LogP contribution is -2.26. The highest BCUT2D eigenvalue weighted by atomic mass is 16.5. The van der Waals surface area contributed by atoms with Crippen molar-refractivity contribution in [1.82, 2.24) is 14.9 Å². The van der Waals surface area contributed by atoms with E-state index in [2.05, 4.69) is 22.0 Å². The Hall–Kier alpha value is -3.80. The molecule has 1 aromatic heterocycles. The number of aryl methyl sites for hydroxylation is 2. The van der Waals surface area contributed by atoms with Gasteiger partial charge in [0.2, 0.25) is 5.91 Å². The van der Waals surface area contributed by atoms with E-state index in [1.807, 2.05) is 67.6 Å². The molecule has 36 heavy (non-hydrogen) atoms. The average Bonchev–Trinajstić information content (AvgIpc) is 3.25. The third-order valence-electron chi connectivity index (χ3n) is 6.39. The number of hydrogen-bond acceptors (Lipinski definition) is 4. The molecule has 0 aliphatic heterocycles. The van der Waals surface area contributed by atoms with Crippen molar-refractivity contribution in [2.75, 3.05) is 20.3 Å². The van der Waals surface area contributed by atoms with Gasteiger partial charge in [-0.15, -0.1) is 0 Å². The molecule has 0 aliphatic carbocycles. The van der Waals surface area contributed by atoms with Gasteiger partial charge >= 0.3 is 0 Å². The lowest BCUT2D eigenvalue weighted by Gasteiger charge is -2.11. The highest BCUT2D eigenvalue weighted by Gasteiger charge is 2.11. The van der Waals surface area contributed by atoms with Crippen LogP contribution in [0.3, 0.4) is 0 Å². The first-order valence-electron chi connectivity index (χ1n) is 12.7. The van der Waals surface area contributed by atoms with Gasteiger partial charge in [-0.25, -0.2) is 4.98 Å². The summed E-state index contributed by atoms with van der Waals surface area (Å²) in [6, 6.07) is 23.9. The monoisotopic (exact) mass is 485 g/mol. The number of carbonyl (C=O) groups excluding carboxylic acids is 1. The van der Waals surface area contributed by atoms with Crippen molar-refractivity contribution in [1.29, 1.82) is 0 Å². The highest BCUT2D eigenvalue weighted by molar-refractivity contribution is 5.78. The molecule has 4 aromatic rings. The van der Waals surface area contributed by atoms with Crippen molar-refractivity contribution in [3.8, 4) is 11.5 Å². The van der Waals surface area contributed by atoms with Crippen LogP contribution in [0.15, 0.2) is 72.8 Å². The summed E-state index contributed by atoms with van der Waals surface area (Å²) in [5, 5.41) is 3.06. The third kappa shape index (κ3) is 6.87. The van der Waals surface area contributed by atoms with E-state index in [1.54, 1.807) is 7.11 Å². The lowest BCUT2D eigenvalue weighted by molar-refractivity contribution is -0.120. The summed E-state index contributed by atoms with van der Waals surface area (Å²) in [4.78, 5) is 17.1. The van der Waals surface area contributed by atoms with Gasteiger partial charge in [-0.2, -0.15) is 0 Å². The summed E-state index contributed by atoms with van der Waals surface area (Å²) in [6.07, 6.45) is 4.36. The van der Waals surface area contributed by atoms with Gasteiger partial charge in [0.25, 0.3) is 0 Å². The summed E-state index contributed by atoms with van der Waals surface area (Å²) in [5.41, 5.74) is 4.39. The smallest absolute Gasteiger partial charge is 0.224 e. The van der Waals surface area contributed by atoms with Crippen LogP contribution in [0.5, 0.6) is 11.5 Å². The van der Waals surface area contributed by atoms with E-state index in [4.69, 9.17) is 14.5 Å². The van der Waals surface area contributed by atoms with Crippen molar-refractivity contribution in [2.45, 2.75) is 45.6 Å². The van der Waals surface area contributed by atoms with Crippen LogP contribution in [0, 0.1) is 6.92 Å². The molecule has 6 heteroatoms. The molecule has 0 radical (unpaired) electrons. The molecule has 3 aromatic carbocycles. The van der Waals surface area contributed by atoms with Crippen molar-refractivity contribution in [3.05, 3.63) is 89.7 Å². The zero-order valence-corrected chi connectivity index (χ0v) is 21.2. The number of aromatic nitrogens is 2. The molecule has 0 fully saturated rings. The minimum absolute atomic E-state index is 0.0861. The summed E-state index contributed by atoms with van der Waals surface area (Å²) < 4.78 is 13.4. The summed E-state index contributed by atoms with van der Waals surface area (Å²) in [7, 11) is 1.66. The van der Waals surface area contributed by atoms with E-state index in [1.165, 1.54) is 0 Å². The van der Waals surface area contributed by atoms with Gasteiger partial charge in [0, 0.05) is 13.0 Å². The molecule has 0 bridgehead atoms. The number of methoxy groups -OCH3 is 1. The van der Waals surface area contributed by atoms with Gasteiger partial charge in [0.15, 0.2) is 0 Å². The molecule has 0 saturated carbocycles. The fraction of sp³-hybridized carbons (Fsp3) is 0.333. The number of unbranched alkanes of at least 4 members (excludes halogenated alkanes) is 2. The molecule has 4 rings (SSSR count). The second kappa shape index (κ2) is 12.8. The number of nitrogens with zero attached hydrogens (tertiary/aromatic N) is 2. The van der Waals surface area contributed by atoms with Gasteiger partial charge < -0.3 is 19.4 Å². The van der Waals surface area contributed by atoms with Crippen molar-refractivity contribution >= 4 is 16.9 Å². The maximum absolute atomic E-state index is 12.3. The normalized spacial score (nSPS) is 10.9. The van der Waals surface area contributed by atoms with E-state index >= 15 is 0 Å². The number of nitrogens with one attached hydrogen (secondary N) is 1. The number of hydrogen-bond donors (Lipinski definition) is 1. The highest BCUT2D eigenvalue weighted by Crippen LogP contribution is 2.20. The fourth-order valence-electron chi connectivity index (χ4n) is 4.35. The summed E-state index contributed by atoms with van der Waals surface area (Å²) in [6.45, 7) is 4.04. The van der Waals surface area contributed by atoms with Gasteiger partial charge in [-0.1, -0.05) is 42.8 Å². The Morgan fingerprint density at radius 3 is 2.47 bits per heavy atom. The van der Waals surface area contributed by atoms with Gasteiger partial charge in [0.1, 0.15) is 23.9 Å². The number of carbonyl (C=O) groups is 1. The van der Waals surface area contributed by atoms with Gasteiger partial charge in [-0.05, 0) is 67.3 Å². The molecule has 0 atom stereocenters. The number of rotatable bonds is 13. The van der Waals surface area contributed by atoms with Crippen LogP contribution >= 0.6 is 0 Å². The minimum atomic E-state index is 0.0861. The number of para-hydroxylation sites is 2. The summed E-state index contributed by atoms with van der Waals surface area (Å²) in [5.74, 6) is 2.81. The Bertz CT molecular complexity index is 1260. The molecular formula is C30H35N3O3. The Morgan fingerprint density at radius 1 is 0.917 bits per heavy atom. The van der Waals surface area contributed by atoms with Gasteiger partial charge in [0.05, 0.1) is 31.1 Å². The zero-order valence-electron chi connectivity index (χ0n) is 21.2. The van der Waals surface area contributed by atoms with E-state index in [9.17, 15) is 4.79 Å². The van der Waals surface area contributed by atoms with Crippen molar-refractivity contribution < 1.29 is 14.3 Å². The topological polar surface area (TPSA) is 65.4 Å². The first kappa shape index (κ1) is 25.3. The number of benzene rings is 3. The standard InChI is InChI=1S/C30H35N3O3/c1-23-10-5-6-11-24(23)22-30(34)31-19-9-3-4-14-29-32-27-12-7-8-13-28(27)33(29)20-21-36-26-17-15-25(35-2)16-18-26/h5-8,10-13,15-18H,3-4,9,14,19-22H2,1-2H3,(H,31,34).